The number of ether oxygens (including phenoxy) is 1. The Kier molecular flexibility index (Phi) is 6.16. The molecule has 1 heterocycles. The topological polar surface area (TPSA) is 66.8 Å². The molecule has 0 saturated heterocycles. The second-order valence-electron chi connectivity index (χ2n) is 7.43. The number of anilines is 1. The Morgan fingerprint density at radius 3 is 2.42 bits per heavy atom. The molecule has 1 aliphatic heterocycles. The largest absolute Gasteiger partial charge is 0.481 e. The highest BCUT2D eigenvalue weighted by Crippen LogP contribution is 2.44. The monoisotopic (exact) mass is 481 g/mol. The predicted molar refractivity (Wildman–Crippen MR) is 114 cm³/mol. The molecule has 3 aromatic carbocycles. The van der Waals surface area contributed by atoms with Gasteiger partial charge in [0.1, 0.15) is 5.75 Å². The summed E-state index contributed by atoms with van der Waals surface area (Å²) in [7, 11) is 0. The number of carboxylic acid groups (broad SMARTS) is 1. The Morgan fingerprint density at radius 1 is 1.12 bits per heavy atom. The highest BCUT2D eigenvalue weighted by molar-refractivity contribution is 6.34. The number of rotatable bonds is 7. The van der Waals surface area contributed by atoms with E-state index in [0.29, 0.717) is 10.9 Å². The van der Waals surface area contributed by atoms with Gasteiger partial charge in [0.25, 0.3) is 5.91 Å². The van der Waals surface area contributed by atoms with Crippen molar-refractivity contribution < 1.29 is 37.0 Å². The molecule has 4 rings (SSSR count). The average Bonchev–Trinajstić information content (AvgIpc) is 3.06. The first-order valence-corrected chi connectivity index (χ1v) is 10.2. The summed E-state index contributed by atoms with van der Waals surface area (Å²) < 4.78 is 58.1. The molecular weight excluding hydrogens is 466 g/mol. The number of fused-ring (bicyclic) bond motifs is 2. The van der Waals surface area contributed by atoms with Crippen LogP contribution >= 0.6 is 11.6 Å². The van der Waals surface area contributed by atoms with E-state index < -0.39 is 31.3 Å². The van der Waals surface area contributed by atoms with Crippen LogP contribution in [-0.4, -0.2) is 30.0 Å². The third-order valence-electron chi connectivity index (χ3n) is 5.39. The van der Waals surface area contributed by atoms with Gasteiger partial charge in [0.05, 0.1) is 29.2 Å². The number of amides is 1. The molecule has 33 heavy (non-hydrogen) atoms. The number of hydrogen-bond donors (Lipinski definition) is 1. The number of carboxylic acids is 1. The summed E-state index contributed by atoms with van der Waals surface area (Å²) in [6.07, 6.45) is -3.70. The molecular formula is C23H16ClF4NO4. The van der Waals surface area contributed by atoms with Crippen LogP contribution in [0.5, 0.6) is 5.75 Å². The van der Waals surface area contributed by atoms with Crippen molar-refractivity contribution in [1.29, 1.82) is 0 Å². The summed E-state index contributed by atoms with van der Waals surface area (Å²) in [5, 5.41) is 9.44. The first-order chi connectivity index (χ1) is 15.7. The number of hydrogen-bond acceptors (Lipinski definition) is 3. The van der Waals surface area contributed by atoms with Crippen molar-refractivity contribution in [2.75, 3.05) is 4.90 Å². The number of carbonyl (C=O) groups excluding carboxylic acids is 1. The van der Waals surface area contributed by atoms with E-state index in [1.165, 1.54) is 41.3 Å². The van der Waals surface area contributed by atoms with Gasteiger partial charge in [-0.15, -0.1) is 0 Å². The Balaban J connectivity index is 1.89. The Hall–Kier alpha value is -3.33. The molecule has 10 heteroatoms. The highest BCUT2D eigenvalue weighted by Gasteiger charge is 2.37. The average molecular weight is 482 g/mol. The van der Waals surface area contributed by atoms with Gasteiger partial charge in [0.2, 0.25) is 6.43 Å². The molecule has 1 amide bonds. The van der Waals surface area contributed by atoms with Gasteiger partial charge in [-0.1, -0.05) is 41.9 Å². The summed E-state index contributed by atoms with van der Waals surface area (Å²) in [4.78, 5) is 25.5. The van der Waals surface area contributed by atoms with Crippen molar-refractivity contribution in [3.63, 3.8) is 0 Å². The second-order valence-corrected chi connectivity index (χ2v) is 7.84. The minimum absolute atomic E-state index is 0.0613. The lowest BCUT2D eigenvalue weighted by Gasteiger charge is -2.18. The molecule has 0 saturated carbocycles. The van der Waals surface area contributed by atoms with E-state index in [0.717, 1.165) is 0 Å². The summed E-state index contributed by atoms with van der Waals surface area (Å²) in [5.74, 6) is -2.17. The Bertz CT molecular complexity index is 1260. The van der Waals surface area contributed by atoms with Gasteiger partial charge < -0.3 is 14.7 Å². The summed E-state index contributed by atoms with van der Waals surface area (Å²) in [6.45, 7) is -3.42. The zero-order valence-corrected chi connectivity index (χ0v) is 17.6. The molecule has 3 aromatic rings. The van der Waals surface area contributed by atoms with Crippen molar-refractivity contribution >= 4 is 39.9 Å². The van der Waals surface area contributed by atoms with Gasteiger partial charge in [-0.3, -0.25) is 9.59 Å². The van der Waals surface area contributed by atoms with Gasteiger partial charge in [-0.05, 0) is 34.2 Å². The van der Waals surface area contributed by atoms with Crippen LogP contribution in [0.1, 0.15) is 27.0 Å². The van der Waals surface area contributed by atoms with Crippen molar-refractivity contribution in [3.8, 4) is 5.75 Å². The smallest absolute Gasteiger partial charge is 0.387 e. The van der Waals surface area contributed by atoms with Gasteiger partial charge in [0, 0.05) is 11.8 Å². The minimum atomic E-state index is -3.24. The number of nitrogens with zero attached hydrogens (tertiary/aromatic N) is 1. The van der Waals surface area contributed by atoms with Crippen molar-refractivity contribution in [2.45, 2.75) is 32.4 Å². The maximum absolute atomic E-state index is 13.4. The first-order valence-electron chi connectivity index (χ1n) is 9.78. The number of carbonyl (C=O) groups is 2. The molecule has 0 spiro atoms. The van der Waals surface area contributed by atoms with Crippen LogP contribution in [0.3, 0.4) is 0 Å². The molecule has 5 nitrogen and oxygen atoms in total. The van der Waals surface area contributed by atoms with Crippen molar-refractivity contribution in [3.05, 3.63) is 69.7 Å². The molecule has 0 aliphatic carbocycles. The van der Waals surface area contributed by atoms with Crippen LogP contribution in [0, 0.1) is 0 Å². The maximum Gasteiger partial charge on any atom is 0.387 e. The zero-order chi connectivity index (χ0) is 23.9. The summed E-state index contributed by atoms with van der Waals surface area (Å²) in [5.41, 5.74) is 0.718. The Labute approximate surface area is 190 Å². The van der Waals surface area contributed by atoms with E-state index in [2.05, 4.69) is 0 Å². The number of benzene rings is 3. The molecule has 0 atom stereocenters. The van der Waals surface area contributed by atoms with E-state index in [9.17, 15) is 27.2 Å². The van der Waals surface area contributed by atoms with Crippen LogP contribution < -0.4 is 9.64 Å². The lowest BCUT2D eigenvalue weighted by atomic mass is 9.92. The third-order valence-corrected chi connectivity index (χ3v) is 5.69. The van der Waals surface area contributed by atoms with Crippen molar-refractivity contribution in [2.24, 2.45) is 0 Å². The maximum atomic E-state index is 13.4. The van der Waals surface area contributed by atoms with Gasteiger partial charge in [-0.2, -0.15) is 8.78 Å². The fourth-order valence-corrected chi connectivity index (χ4v) is 4.45. The number of halogens is 5. The zero-order valence-electron chi connectivity index (χ0n) is 16.8. The van der Waals surface area contributed by atoms with Crippen LogP contribution in [0.15, 0.2) is 42.5 Å². The number of alkyl halides is 4. The molecule has 0 bridgehead atoms. The van der Waals surface area contributed by atoms with E-state index in [4.69, 9.17) is 21.4 Å². The Morgan fingerprint density at radius 2 is 1.82 bits per heavy atom. The van der Waals surface area contributed by atoms with Crippen LogP contribution in [0.25, 0.3) is 10.8 Å². The van der Waals surface area contributed by atoms with E-state index in [1.54, 1.807) is 6.07 Å². The van der Waals surface area contributed by atoms with E-state index in [-0.39, 0.29) is 51.5 Å². The van der Waals surface area contributed by atoms with Gasteiger partial charge in [-0.25, -0.2) is 8.78 Å². The quantitative estimate of drug-likeness (QED) is 0.440. The molecule has 0 unspecified atom stereocenters. The first kappa shape index (κ1) is 22.8. The molecule has 0 fully saturated rings. The second kappa shape index (κ2) is 8.90. The third kappa shape index (κ3) is 4.32. The lowest BCUT2D eigenvalue weighted by molar-refractivity contribution is -0.136. The fraction of sp³-hybridized carbons (Fsp3) is 0.217. The predicted octanol–water partition coefficient (Wildman–Crippen LogP) is 5.69. The van der Waals surface area contributed by atoms with Crippen LogP contribution in [0.2, 0.25) is 5.02 Å². The van der Waals surface area contributed by atoms with Gasteiger partial charge >= 0.3 is 12.6 Å². The summed E-state index contributed by atoms with van der Waals surface area (Å²) >= 11 is 6.30. The normalized spacial score (nSPS) is 13.3. The summed E-state index contributed by atoms with van der Waals surface area (Å²) in [6, 6.07) is 10.4. The molecule has 1 aliphatic rings. The molecule has 172 valence electrons. The standard InChI is InChI=1S/C23H16ClF4NO4/c24-16-7-11(8-19(30)31)5-6-17(16)29-10-15-14(9-18(25)26)12-3-1-2-4-13(12)21(33-23(27)28)20(15)22(29)32/h1-7,18,23H,8-10H2,(H,30,31). The fourth-order valence-electron chi connectivity index (χ4n) is 4.14. The number of aliphatic carboxylic acids is 1. The van der Waals surface area contributed by atoms with Crippen LogP contribution in [0.4, 0.5) is 23.2 Å². The van der Waals surface area contributed by atoms with E-state index >= 15 is 0 Å². The minimum Gasteiger partial charge on any atom is -0.481 e. The molecule has 1 N–H and O–H groups in total. The van der Waals surface area contributed by atoms with Crippen LogP contribution in [-0.2, 0) is 24.2 Å². The van der Waals surface area contributed by atoms with E-state index in [1.807, 2.05) is 0 Å². The van der Waals surface area contributed by atoms with Gasteiger partial charge in [0.15, 0.2) is 0 Å². The van der Waals surface area contributed by atoms with Crippen molar-refractivity contribution in [1.82, 2.24) is 0 Å². The molecule has 0 aromatic heterocycles. The lowest BCUT2D eigenvalue weighted by Crippen LogP contribution is -2.24. The highest BCUT2D eigenvalue weighted by atomic mass is 35.5. The molecule has 0 radical (unpaired) electrons. The SMILES string of the molecule is O=C(O)Cc1ccc(N2Cc3c(c(OC(F)F)c4ccccc4c3CC(F)F)C2=O)c(Cl)c1.